The Kier molecular flexibility index (Phi) is 4.94. The highest BCUT2D eigenvalue weighted by Crippen LogP contribution is 2.23. The van der Waals surface area contributed by atoms with Gasteiger partial charge in [-0.1, -0.05) is 42.5 Å². The van der Waals surface area contributed by atoms with Gasteiger partial charge in [-0.15, -0.1) is 0 Å². The van der Waals surface area contributed by atoms with E-state index >= 15 is 0 Å². The lowest BCUT2D eigenvalue weighted by Crippen LogP contribution is -2.11. The Morgan fingerprint density at radius 2 is 1.70 bits per heavy atom. The molecule has 0 saturated heterocycles. The minimum absolute atomic E-state index is 0.239. The second kappa shape index (κ2) is 7.68. The van der Waals surface area contributed by atoms with Gasteiger partial charge >= 0.3 is 0 Å². The summed E-state index contributed by atoms with van der Waals surface area (Å²) in [6, 6.07) is 24.8. The summed E-state index contributed by atoms with van der Waals surface area (Å²) in [5.41, 5.74) is 0.688. The van der Waals surface area contributed by atoms with Gasteiger partial charge in [0.25, 0.3) is 5.91 Å². The number of para-hydroxylation sites is 1. The van der Waals surface area contributed by atoms with Gasteiger partial charge in [-0.2, -0.15) is 0 Å². The van der Waals surface area contributed by atoms with Gasteiger partial charge in [0.2, 0.25) is 0 Å². The fourth-order valence-corrected chi connectivity index (χ4v) is 3.12. The first-order valence-electron chi connectivity index (χ1n) is 8.45. The molecule has 0 atom stereocenters. The Morgan fingerprint density at radius 3 is 2.56 bits per heavy atom. The minimum atomic E-state index is -0.307. The molecule has 0 saturated carbocycles. The van der Waals surface area contributed by atoms with Gasteiger partial charge in [0, 0.05) is 4.47 Å². The summed E-state index contributed by atoms with van der Waals surface area (Å²) >= 11 is 3.41. The maximum Gasteiger partial charge on any atom is 0.291 e. The highest BCUT2D eigenvalue weighted by Gasteiger charge is 2.13. The molecule has 4 nitrogen and oxygen atoms in total. The number of hydrogen-bond donors (Lipinski definition) is 1. The molecular weight excluding hydrogens is 406 g/mol. The number of amides is 1. The van der Waals surface area contributed by atoms with Crippen molar-refractivity contribution < 1.29 is 13.9 Å². The summed E-state index contributed by atoms with van der Waals surface area (Å²) in [5.74, 6) is 1.27. The summed E-state index contributed by atoms with van der Waals surface area (Å²) in [6.07, 6.45) is 0. The molecule has 0 fully saturated rings. The molecule has 0 bridgehead atoms. The number of ether oxygens (including phenoxy) is 1. The normalized spacial score (nSPS) is 10.7. The van der Waals surface area contributed by atoms with E-state index in [0.717, 1.165) is 21.0 Å². The number of rotatable bonds is 5. The maximum atomic E-state index is 12.3. The molecule has 4 rings (SSSR count). The van der Waals surface area contributed by atoms with Crippen molar-refractivity contribution in [1.82, 2.24) is 0 Å². The van der Waals surface area contributed by atoms with Gasteiger partial charge in [-0.05, 0) is 63.1 Å². The zero-order valence-corrected chi connectivity index (χ0v) is 15.9. The molecule has 3 aromatic carbocycles. The van der Waals surface area contributed by atoms with Crippen molar-refractivity contribution in [3.8, 4) is 5.75 Å². The van der Waals surface area contributed by atoms with Crippen LogP contribution in [0.4, 0.5) is 5.69 Å². The lowest BCUT2D eigenvalue weighted by molar-refractivity contribution is 0.0992. The number of benzene rings is 3. The molecule has 5 heteroatoms. The van der Waals surface area contributed by atoms with Crippen molar-refractivity contribution in [2.24, 2.45) is 0 Å². The highest BCUT2D eigenvalue weighted by atomic mass is 79.9. The predicted octanol–water partition coefficient (Wildman–Crippen LogP) is 6.03. The van der Waals surface area contributed by atoms with Crippen LogP contribution < -0.4 is 10.1 Å². The molecule has 0 unspecified atom stereocenters. The first-order chi connectivity index (χ1) is 13.2. The zero-order chi connectivity index (χ0) is 18.6. The highest BCUT2D eigenvalue weighted by molar-refractivity contribution is 9.10. The third kappa shape index (κ3) is 4.04. The van der Waals surface area contributed by atoms with Crippen LogP contribution in [-0.2, 0) is 6.61 Å². The smallest absolute Gasteiger partial charge is 0.291 e. The number of hydrogen-bond acceptors (Lipinski definition) is 3. The first-order valence-corrected chi connectivity index (χ1v) is 9.24. The van der Waals surface area contributed by atoms with Crippen molar-refractivity contribution in [2.75, 3.05) is 5.32 Å². The molecule has 27 heavy (non-hydrogen) atoms. The second-order valence-electron chi connectivity index (χ2n) is 6.00. The molecule has 4 aromatic rings. The van der Waals surface area contributed by atoms with Crippen molar-refractivity contribution in [1.29, 1.82) is 0 Å². The molecule has 1 heterocycles. The average Bonchev–Trinajstić information content (AvgIpc) is 3.17. The third-order valence-corrected chi connectivity index (χ3v) is 4.80. The monoisotopic (exact) mass is 421 g/mol. The Bertz CT molecular complexity index is 1100. The summed E-state index contributed by atoms with van der Waals surface area (Å²) in [4.78, 5) is 12.3. The van der Waals surface area contributed by atoms with Crippen LogP contribution in [0, 0.1) is 0 Å². The largest absolute Gasteiger partial charge is 0.486 e. The van der Waals surface area contributed by atoms with Crippen LogP contribution >= 0.6 is 15.9 Å². The molecule has 1 amide bonds. The van der Waals surface area contributed by atoms with Gasteiger partial charge in [-0.25, -0.2) is 0 Å². The van der Waals surface area contributed by atoms with E-state index in [1.165, 1.54) is 0 Å². The first kappa shape index (κ1) is 17.4. The van der Waals surface area contributed by atoms with Gasteiger partial charge in [0.05, 0.1) is 5.69 Å². The molecule has 0 spiro atoms. The number of furan rings is 1. The van der Waals surface area contributed by atoms with Gasteiger partial charge < -0.3 is 14.5 Å². The van der Waals surface area contributed by atoms with Crippen molar-refractivity contribution in [2.45, 2.75) is 6.61 Å². The predicted molar refractivity (Wildman–Crippen MR) is 109 cm³/mol. The number of carbonyl (C=O) groups excluding carboxylic acids is 1. The van der Waals surface area contributed by atoms with Gasteiger partial charge in [-0.3, -0.25) is 4.79 Å². The topological polar surface area (TPSA) is 51.5 Å². The van der Waals surface area contributed by atoms with E-state index in [4.69, 9.17) is 9.15 Å². The van der Waals surface area contributed by atoms with E-state index in [1.54, 1.807) is 12.1 Å². The van der Waals surface area contributed by atoms with E-state index in [9.17, 15) is 4.79 Å². The van der Waals surface area contributed by atoms with Crippen LogP contribution in [0.25, 0.3) is 10.8 Å². The molecular formula is C22H16BrNO3. The number of fused-ring (bicyclic) bond motifs is 1. The van der Waals surface area contributed by atoms with Crippen molar-refractivity contribution >= 4 is 38.3 Å². The molecule has 0 radical (unpaired) electrons. The van der Waals surface area contributed by atoms with Crippen molar-refractivity contribution in [3.05, 3.63) is 94.9 Å². The Balaban J connectivity index is 1.41. The molecule has 0 aliphatic rings. The van der Waals surface area contributed by atoms with E-state index in [2.05, 4.69) is 27.3 Å². The standard InChI is InChI=1S/C22H16BrNO3/c23-19-7-3-4-8-20(19)24-22(25)21-12-11-18(27-21)14-26-17-10-9-15-5-1-2-6-16(15)13-17/h1-13H,14H2,(H,24,25). The Morgan fingerprint density at radius 1 is 0.926 bits per heavy atom. The molecule has 0 aliphatic heterocycles. The summed E-state index contributed by atoms with van der Waals surface area (Å²) in [6.45, 7) is 0.251. The fraction of sp³-hybridized carbons (Fsp3) is 0.0455. The lowest BCUT2D eigenvalue weighted by Gasteiger charge is -2.06. The molecule has 1 aromatic heterocycles. The third-order valence-electron chi connectivity index (χ3n) is 4.11. The van der Waals surface area contributed by atoms with Gasteiger partial charge in [0.1, 0.15) is 18.1 Å². The fourth-order valence-electron chi connectivity index (χ4n) is 2.74. The Labute approximate surface area is 164 Å². The van der Waals surface area contributed by atoms with E-state index in [0.29, 0.717) is 11.4 Å². The second-order valence-corrected chi connectivity index (χ2v) is 6.85. The number of carbonyl (C=O) groups is 1. The Hall–Kier alpha value is -3.05. The quantitative estimate of drug-likeness (QED) is 0.428. The van der Waals surface area contributed by atoms with Crippen LogP contribution in [0.15, 0.2) is 87.8 Å². The number of anilines is 1. The van der Waals surface area contributed by atoms with Crippen LogP contribution in [-0.4, -0.2) is 5.91 Å². The molecule has 134 valence electrons. The SMILES string of the molecule is O=C(Nc1ccccc1Br)c1ccc(COc2ccc3ccccc3c2)o1. The maximum absolute atomic E-state index is 12.3. The molecule has 1 N–H and O–H groups in total. The van der Waals surface area contributed by atoms with Gasteiger partial charge in [0.15, 0.2) is 5.76 Å². The number of nitrogens with one attached hydrogen (secondary N) is 1. The van der Waals surface area contributed by atoms with Crippen LogP contribution in [0.3, 0.4) is 0 Å². The van der Waals surface area contributed by atoms with Crippen LogP contribution in [0.2, 0.25) is 0 Å². The summed E-state index contributed by atoms with van der Waals surface area (Å²) in [7, 11) is 0. The van der Waals surface area contributed by atoms with Crippen LogP contribution in [0.5, 0.6) is 5.75 Å². The molecule has 0 aliphatic carbocycles. The lowest BCUT2D eigenvalue weighted by atomic mass is 10.1. The van der Waals surface area contributed by atoms with E-state index < -0.39 is 0 Å². The summed E-state index contributed by atoms with van der Waals surface area (Å²) in [5, 5.41) is 5.09. The zero-order valence-electron chi connectivity index (χ0n) is 14.3. The number of halogens is 1. The minimum Gasteiger partial charge on any atom is -0.486 e. The van der Waals surface area contributed by atoms with E-state index in [-0.39, 0.29) is 18.3 Å². The average molecular weight is 422 g/mol. The van der Waals surface area contributed by atoms with E-state index in [1.807, 2.05) is 60.7 Å². The van der Waals surface area contributed by atoms with Crippen molar-refractivity contribution in [3.63, 3.8) is 0 Å². The summed E-state index contributed by atoms with van der Waals surface area (Å²) < 4.78 is 12.2. The van der Waals surface area contributed by atoms with Crippen LogP contribution in [0.1, 0.15) is 16.3 Å².